The number of hydrogen-bond acceptors (Lipinski definition) is 4. The molecule has 1 fully saturated rings. The van der Waals surface area contributed by atoms with Gasteiger partial charge in [-0.05, 0) is 38.2 Å². The van der Waals surface area contributed by atoms with E-state index in [1.165, 1.54) is 36.0 Å². The smallest absolute Gasteiger partial charge is 0.224 e. The lowest BCUT2D eigenvalue weighted by Gasteiger charge is -2.26. The fourth-order valence-corrected chi connectivity index (χ4v) is 3.72. The molecule has 0 unspecified atom stereocenters. The van der Waals surface area contributed by atoms with Gasteiger partial charge in [0.25, 0.3) is 0 Å². The number of aromatic nitrogens is 1. The van der Waals surface area contributed by atoms with Crippen molar-refractivity contribution in [2.24, 2.45) is 0 Å². The molecule has 0 spiro atoms. The van der Waals surface area contributed by atoms with Crippen LogP contribution in [-0.4, -0.2) is 31.3 Å². The first-order valence-electron chi connectivity index (χ1n) is 9.87. The van der Waals surface area contributed by atoms with Crippen LogP contribution in [0.4, 0.5) is 5.88 Å². The molecule has 0 saturated carbocycles. The first-order valence-corrected chi connectivity index (χ1v) is 9.87. The van der Waals surface area contributed by atoms with Gasteiger partial charge in [-0.3, -0.25) is 0 Å². The Balaban J connectivity index is 1.65. The van der Waals surface area contributed by atoms with Gasteiger partial charge < -0.3 is 14.1 Å². The number of allylic oxidation sites excluding steroid dienone is 2. The maximum atomic E-state index is 6.34. The molecule has 1 aliphatic carbocycles. The molecule has 0 radical (unpaired) electrons. The van der Waals surface area contributed by atoms with Crippen molar-refractivity contribution in [2.75, 3.05) is 31.2 Å². The number of anilines is 1. The highest BCUT2D eigenvalue weighted by Gasteiger charge is 2.23. The highest BCUT2D eigenvalue weighted by molar-refractivity contribution is 5.61. The average Bonchev–Trinajstić information content (AvgIpc) is 2.89. The molecule has 26 heavy (non-hydrogen) atoms. The van der Waals surface area contributed by atoms with Crippen molar-refractivity contribution >= 4 is 11.5 Å². The summed E-state index contributed by atoms with van der Waals surface area (Å²) < 4.78 is 11.9. The minimum Gasteiger partial charge on any atom is -0.421 e. The van der Waals surface area contributed by atoms with Crippen LogP contribution in [-0.2, 0) is 11.2 Å². The van der Waals surface area contributed by atoms with E-state index in [4.69, 9.17) is 14.1 Å². The second-order valence-electron chi connectivity index (χ2n) is 7.36. The van der Waals surface area contributed by atoms with E-state index in [0.29, 0.717) is 0 Å². The Morgan fingerprint density at radius 1 is 1.04 bits per heavy atom. The molecule has 1 saturated heterocycles. The predicted octanol–water partition coefficient (Wildman–Crippen LogP) is 4.76. The van der Waals surface area contributed by atoms with E-state index in [-0.39, 0.29) is 0 Å². The molecule has 0 atom stereocenters. The normalized spacial score (nSPS) is 18.5. The zero-order valence-corrected chi connectivity index (χ0v) is 15.7. The Bertz CT molecular complexity index is 755. The van der Waals surface area contributed by atoms with Crippen LogP contribution >= 0.6 is 0 Å². The summed E-state index contributed by atoms with van der Waals surface area (Å²) in [6, 6.07) is 8.71. The average molecular weight is 352 g/mol. The van der Waals surface area contributed by atoms with E-state index in [0.717, 1.165) is 63.0 Å². The Hall–Kier alpha value is -2.07. The third kappa shape index (κ3) is 4.01. The molecule has 138 valence electrons. The van der Waals surface area contributed by atoms with E-state index in [1.54, 1.807) is 0 Å². The Labute approximate surface area is 155 Å². The van der Waals surface area contributed by atoms with Gasteiger partial charge in [-0.15, -0.1) is 0 Å². The molecule has 1 aromatic carbocycles. The first-order chi connectivity index (χ1) is 12.8. The lowest BCUT2D eigenvalue weighted by Crippen LogP contribution is -2.36. The first kappa shape index (κ1) is 17.3. The van der Waals surface area contributed by atoms with Gasteiger partial charge >= 0.3 is 0 Å². The van der Waals surface area contributed by atoms with Crippen molar-refractivity contribution in [2.45, 2.75) is 45.4 Å². The summed E-state index contributed by atoms with van der Waals surface area (Å²) in [4.78, 5) is 7.24. The Kier molecular flexibility index (Phi) is 5.40. The molecule has 2 aromatic rings. The summed E-state index contributed by atoms with van der Waals surface area (Å²) in [5.41, 5.74) is 4.90. The summed E-state index contributed by atoms with van der Waals surface area (Å²) in [5, 5.41) is 0. The van der Waals surface area contributed by atoms with Crippen LogP contribution in [0.25, 0.3) is 5.57 Å². The number of oxazole rings is 1. The Morgan fingerprint density at radius 3 is 2.65 bits per heavy atom. The number of nitrogens with zero attached hydrogens (tertiary/aromatic N) is 2. The fourth-order valence-electron chi connectivity index (χ4n) is 3.72. The third-order valence-electron chi connectivity index (χ3n) is 5.28. The van der Waals surface area contributed by atoms with Crippen LogP contribution in [0.1, 0.15) is 54.8 Å². The van der Waals surface area contributed by atoms with E-state index in [2.05, 4.69) is 42.2 Å². The van der Waals surface area contributed by atoms with Crippen LogP contribution < -0.4 is 4.90 Å². The molecule has 4 heteroatoms. The van der Waals surface area contributed by atoms with Crippen molar-refractivity contribution in [3.8, 4) is 0 Å². The molecule has 1 aromatic heterocycles. The number of aryl methyl sites for hydroxylation is 1. The molecule has 0 bridgehead atoms. The van der Waals surface area contributed by atoms with Crippen molar-refractivity contribution in [1.82, 2.24) is 4.98 Å². The number of rotatable bonds is 4. The van der Waals surface area contributed by atoms with Gasteiger partial charge in [0.15, 0.2) is 0 Å². The summed E-state index contributed by atoms with van der Waals surface area (Å²) in [7, 11) is 0. The summed E-state index contributed by atoms with van der Waals surface area (Å²) in [6.07, 6.45) is 9.16. The van der Waals surface area contributed by atoms with Crippen molar-refractivity contribution in [1.29, 1.82) is 0 Å². The quantitative estimate of drug-likeness (QED) is 0.795. The molecular formula is C22H28N2O2. The largest absolute Gasteiger partial charge is 0.421 e. The molecule has 2 aliphatic rings. The van der Waals surface area contributed by atoms with Crippen LogP contribution in [0.2, 0.25) is 0 Å². The lowest BCUT2D eigenvalue weighted by molar-refractivity contribution is 0.120. The van der Waals surface area contributed by atoms with Crippen LogP contribution in [0, 0.1) is 6.92 Å². The highest BCUT2D eigenvalue weighted by atomic mass is 16.5. The van der Waals surface area contributed by atoms with Gasteiger partial charge in [-0.1, -0.05) is 42.3 Å². The third-order valence-corrected chi connectivity index (χ3v) is 5.28. The van der Waals surface area contributed by atoms with E-state index in [9.17, 15) is 0 Å². The lowest BCUT2D eigenvalue weighted by atomic mass is 10.1. The van der Waals surface area contributed by atoms with Crippen molar-refractivity contribution < 1.29 is 9.15 Å². The monoisotopic (exact) mass is 352 g/mol. The molecular weight excluding hydrogens is 324 g/mol. The molecule has 0 N–H and O–H groups in total. The summed E-state index contributed by atoms with van der Waals surface area (Å²) >= 11 is 0. The molecule has 0 amide bonds. The van der Waals surface area contributed by atoms with Crippen molar-refractivity contribution in [3.63, 3.8) is 0 Å². The standard InChI is InChI=1S/C22H28N2O2/c1-17-8-10-18(11-9-17)16-20-22(24-12-14-25-15-13-24)26-21(23-20)19-6-4-2-3-5-7-19/h6,8-11H,2-5,7,12-16H2,1H3. The maximum Gasteiger partial charge on any atom is 0.224 e. The van der Waals surface area contributed by atoms with Gasteiger partial charge in [0, 0.05) is 25.1 Å². The maximum absolute atomic E-state index is 6.34. The molecule has 4 rings (SSSR count). The van der Waals surface area contributed by atoms with Crippen LogP contribution in [0.5, 0.6) is 0 Å². The zero-order valence-electron chi connectivity index (χ0n) is 15.7. The summed E-state index contributed by atoms with van der Waals surface area (Å²) in [5.74, 6) is 1.77. The fraction of sp³-hybridized carbons (Fsp3) is 0.500. The number of benzene rings is 1. The van der Waals surface area contributed by atoms with Gasteiger partial charge in [-0.2, -0.15) is 0 Å². The minimum absolute atomic E-state index is 0.753. The summed E-state index contributed by atoms with van der Waals surface area (Å²) in [6.45, 7) is 5.37. The van der Waals surface area contributed by atoms with Gasteiger partial charge in [-0.25, -0.2) is 4.98 Å². The second kappa shape index (κ2) is 8.09. The van der Waals surface area contributed by atoms with E-state index < -0.39 is 0 Å². The highest BCUT2D eigenvalue weighted by Crippen LogP contribution is 2.32. The van der Waals surface area contributed by atoms with Crippen LogP contribution in [0.15, 0.2) is 34.8 Å². The zero-order chi connectivity index (χ0) is 17.8. The number of hydrogen-bond donors (Lipinski definition) is 0. The second-order valence-corrected chi connectivity index (χ2v) is 7.36. The molecule has 2 heterocycles. The van der Waals surface area contributed by atoms with Gasteiger partial charge in [0.05, 0.1) is 13.2 Å². The molecule has 1 aliphatic heterocycles. The number of ether oxygens (including phenoxy) is 1. The van der Waals surface area contributed by atoms with Crippen molar-refractivity contribution in [3.05, 3.63) is 53.1 Å². The number of morpholine rings is 1. The SMILES string of the molecule is Cc1ccc(Cc2nc(C3=CCCCCC3)oc2N2CCOCC2)cc1. The minimum atomic E-state index is 0.753. The van der Waals surface area contributed by atoms with E-state index in [1.807, 2.05) is 0 Å². The Morgan fingerprint density at radius 2 is 1.85 bits per heavy atom. The predicted molar refractivity (Wildman–Crippen MR) is 105 cm³/mol. The molecule has 4 nitrogen and oxygen atoms in total. The van der Waals surface area contributed by atoms with Gasteiger partial charge in [0.2, 0.25) is 11.8 Å². The van der Waals surface area contributed by atoms with Gasteiger partial charge in [0.1, 0.15) is 5.69 Å². The van der Waals surface area contributed by atoms with Crippen LogP contribution in [0.3, 0.4) is 0 Å². The topological polar surface area (TPSA) is 38.5 Å². The van der Waals surface area contributed by atoms with E-state index >= 15 is 0 Å².